The number of nitrogens with two attached hydrogens (primary N) is 1. The summed E-state index contributed by atoms with van der Waals surface area (Å²) < 4.78 is 11.8. The van der Waals surface area contributed by atoms with Crippen LogP contribution in [0.25, 0.3) is 0 Å². The zero-order valence-electron chi connectivity index (χ0n) is 36.8. The van der Waals surface area contributed by atoms with Crippen molar-refractivity contribution in [2.45, 2.75) is 123 Å². The summed E-state index contributed by atoms with van der Waals surface area (Å²) in [6.07, 6.45) is 4.45. The van der Waals surface area contributed by atoms with Crippen molar-refractivity contribution in [3.05, 3.63) is 29.8 Å². The smallest absolute Gasteiger partial charge is 0.236 e. The van der Waals surface area contributed by atoms with Gasteiger partial charge in [0.25, 0.3) is 0 Å². The van der Waals surface area contributed by atoms with Gasteiger partial charge in [0.15, 0.2) is 0 Å². The number of nitrogens with zero attached hydrogens (tertiary/aromatic N) is 3. The summed E-state index contributed by atoms with van der Waals surface area (Å²) in [5, 5.41) is 9.13. The Morgan fingerprint density at radius 1 is 1.00 bits per heavy atom. The zero-order valence-corrected chi connectivity index (χ0v) is 36.8. The van der Waals surface area contributed by atoms with E-state index in [2.05, 4.69) is 43.6 Å². The van der Waals surface area contributed by atoms with Crippen molar-refractivity contribution in [2.24, 2.45) is 23.5 Å². The van der Waals surface area contributed by atoms with Crippen molar-refractivity contribution in [2.75, 3.05) is 74.4 Å². The third kappa shape index (κ3) is 17.3. The van der Waals surface area contributed by atoms with Crippen molar-refractivity contribution in [3.63, 3.8) is 0 Å². The molecule has 1 aromatic carbocycles. The highest BCUT2D eigenvalue weighted by Crippen LogP contribution is 2.29. The van der Waals surface area contributed by atoms with Gasteiger partial charge in [-0.05, 0) is 69.9 Å². The number of carbonyl (C=O) groups excluding carboxylic acids is 4. The fourth-order valence-electron chi connectivity index (χ4n) is 7.09. The van der Waals surface area contributed by atoms with Gasteiger partial charge in [0, 0.05) is 53.1 Å². The zero-order chi connectivity index (χ0) is 42.2. The van der Waals surface area contributed by atoms with Gasteiger partial charge in [-0.15, -0.1) is 0 Å². The molecule has 3 amide bonds. The molecule has 8 atom stereocenters. The molecule has 1 aliphatic rings. The standard InChI is InChI=1S/C32H56N6O5.C7H15NO.C3H8/c1-9-21(2)30(37(6)29(40)20-34-4)27(42-7)18-28(39)38-16-10-11-26(38)31(43-8)22(3)32(41)36-25(19-33)17-23-12-14-24(35-5)15-13-23;1-6(2)7(5-9)8(3)4;1-3-2/h12-15,21-22,25-27,30-31,34-35H,9-11,16-20,33H2,1-8H3,(H,36,41);5-7H,1-4H3;3H2,1-2H3. The molecular formula is C42H79N7O6. The Hall–Kier alpha value is -3.10. The first-order valence-electron chi connectivity index (χ1n) is 20.2. The van der Waals surface area contributed by atoms with Gasteiger partial charge in [0.05, 0.1) is 49.2 Å². The normalized spacial score (nSPS) is 17.7. The topological polar surface area (TPSA) is 159 Å². The van der Waals surface area contributed by atoms with Crippen LogP contribution in [0.15, 0.2) is 24.3 Å². The molecule has 2 rings (SSSR count). The molecule has 1 aliphatic heterocycles. The Labute approximate surface area is 334 Å². The average molecular weight is 778 g/mol. The number of likely N-dealkylation sites (tertiary alicyclic amines) is 1. The number of methoxy groups -OCH3 is 2. The molecule has 8 unspecified atom stereocenters. The predicted molar refractivity (Wildman–Crippen MR) is 225 cm³/mol. The molecule has 1 heterocycles. The van der Waals surface area contributed by atoms with Crippen molar-refractivity contribution in [1.29, 1.82) is 0 Å². The number of anilines is 1. The number of likely N-dealkylation sites (N-methyl/N-ethyl adjacent to an activating group) is 3. The summed E-state index contributed by atoms with van der Waals surface area (Å²) in [5.41, 5.74) is 8.14. The Morgan fingerprint density at radius 3 is 2.02 bits per heavy atom. The number of nitrogens with one attached hydrogen (secondary N) is 3. The van der Waals surface area contributed by atoms with Crippen LogP contribution >= 0.6 is 0 Å². The fourth-order valence-corrected chi connectivity index (χ4v) is 7.09. The van der Waals surface area contributed by atoms with Crippen LogP contribution in [0.4, 0.5) is 5.69 Å². The second-order valence-electron chi connectivity index (χ2n) is 15.3. The molecule has 0 aromatic heterocycles. The Balaban J connectivity index is 0.00000209. The van der Waals surface area contributed by atoms with Crippen LogP contribution in [0.3, 0.4) is 0 Å². The molecule has 13 nitrogen and oxygen atoms in total. The van der Waals surface area contributed by atoms with E-state index in [0.717, 1.165) is 36.8 Å². The highest BCUT2D eigenvalue weighted by atomic mass is 16.5. The van der Waals surface area contributed by atoms with E-state index in [9.17, 15) is 19.2 Å². The Bertz CT molecular complexity index is 1210. The Kier molecular flexibility index (Phi) is 26.7. The molecule has 5 N–H and O–H groups in total. The SMILES string of the molecule is CC(C)C(C=O)N(C)C.CCC.CCC(C)C(C(CC(=O)N1CCCC1C(OC)C(C)C(=O)NC(CN)Cc1ccc(NC)cc1)OC)N(C)C(=O)CNC. The van der Waals surface area contributed by atoms with Crippen LogP contribution in [-0.4, -0.2) is 144 Å². The van der Waals surface area contributed by atoms with Gasteiger partial charge in [-0.2, -0.15) is 0 Å². The van der Waals surface area contributed by atoms with E-state index in [0.29, 0.717) is 25.4 Å². The lowest BCUT2D eigenvalue weighted by molar-refractivity contribution is -0.145. The number of aldehydes is 1. The minimum absolute atomic E-state index is 0.0496. The van der Waals surface area contributed by atoms with E-state index in [4.69, 9.17) is 15.2 Å². The number of hydrogen-bond donors (Lipinski definition) is 4. The third-order valence-corrected chi connectivity index (χ3v) is 10.4. The summed E-state index contributed by atoms with van der Waals surface area (Å²) in [5.74, 6) is -0.212. The number of amides is 3. The summed E-state index contributed by atoms with van der Waals surface area (Å²) in [7, 11) is 12.4. The van der Waals surface area contributed by atoms with Crippen LogP contribution in [0.5, 0.6) is 0 Å². The first kappa shape index (κ1) is 51.9. The van der Waals surface area contributed by atoms with E-state index < -0.39 is 18.1 Å². The van der Waals surface area contributed by atoms with E-state index in [1.54, 1.807) is 33.2 Å². The number of carbonyl (C=O) groups is 4. The van der Waals surface area contributed by atoms with Crippen molar-refractivity contribution in [1.82, 2.24) is 25.3 Å². The summed E-state index contributed by atoms with van der Waals surface area (Å²) >= 11 is 0. The number of rotatable bonds is 21. The van der Waals surface area contributed by atoms with E-state index >= 15 is 0 Å². The molecule has 1 aromatic rings. The number of hydrogen-bond acceptors (Lipinski definition) is 10. The molecule has 0 spiro atoms. The van der Waals surface area contributed by atoms with Crippen LogP contribution < -0.4 is 21.7 Å². The van der Waals surface area contributed by atoms with Gasteiger partial charge in [-0.3, -0.25) is 19.3 Å². The third-order valence-electron chi connectivity index (χ3n) is 10.4. The Morgan fingerprint density at radius 2 is 1.60 bits per heavy atom. The highest BCUT2D eigenvalue weighted by Gasteiger charge is 2.42. The van der Waals surface area contributed by atoms with Crippen LogP contribution in [0, 0.1) is 17.8 Å². The average Bonchev–Trinajstić information content (AvgIpc) is 3.64. The maximum atomic E-state index is 13.8. The molecular weight excluding hydrogens is 699 g/mol. The molecule has 1 saturated heterocycles. The molecule has 0 saturated carbocycles. The lowest BCUT2D eigenvalue weighted by Crippen LogP contribution is -2.54. The highest BCUT2D eigenvalue weighted by molar-refractivity contribution is 5.81. The molecule has 318 valence electrons. The molecule has 0 aliphatic carbocycles. The summed E-state index contributed by atoms with van der Waals surface area (Å²) in [6.45, 7) is 15.4. The van der Waals surface area contributed by atoms with Gasteiger partial charge in [-0.25, -0.2) is 0 Å². The van der Waals surface area contributed by atoms with E-state index in [1.165, 1.54) is 6.42 Å². The first-order chi connectivity index (χ1) is 26.1. The molecule has 13 heteroatoms. The van der Waals surface area contributed by atoms with Crippen molar-refractivity contribution < 1.29 is 28.7 Å². The lowest BCUT2D eigenvalue weighted by atomic mass is 9.90. The lowest BCUT2D eigenvalue weighted by Gasteiger charge is -2.39. The van der Waals surface area contributed by atoms with Gasteiger partial charge < -0.3 is 45.8 Å². The summed E-state index contributed by atoms with van der Waals surface area (Å²) in [6, 6.07) is 7.39. The van der Waals surface area contributed by atoms with E-state index in [-0.39, 0.29) is 60.8 Å². The quantitative estimate of drug-likeness (QED) is 0.134. The minimum Gasteiger partial charge on any atom is -0.388 e. The van der Waals surface area contributed by atoms with E-state index in [1.807, 2.05) is 76.0 Å². The fraction of sp³-hybridized carbons (Fsp3) is 0.762. The second-order valence-corrected chi connectivity index (χ2v) is 15.3. The number of ether oxygens (including phenoxy) is 2. The van der Waals surface area contributed by atoms with Crippen LogP contribution in [0.2, 0.25) is 0 Å². The molecule has 55 heavy (non-hydrogen) atoms. The largest absolute Gasteiger partial charge is 0.388 e. The first-order valence-corrected chi connectivity index (χ1v) is 20.2. The maximum absolute atomic E-state index is 13.8. The molecule has 0 bridgehead atoms. The van der Waals surface area contributed by atoms with Crippen molar-refractivity contribution >= 4 is 29.7 Å². The maximum Gasteiger partial charge on any atom is 0.236 e. The predicted octanol–water partition coefficient (Wildman–Crippen LogP) is 4.04. The number of benzene rings is 1. The minimum atomic E-state index is -0.500. The molecule has 0 radical (unpaired) electrons. The summed E-state index contributed by atoms with van der Waals surface area (Å²) in [4.78, 5) is 55.8. The van der Waals surface area contributed by atoms with Gasteiger partial charge in [0.1, 0.15) is 6.29 Å². The van der Waals surface area contributed by atoms with Gasteiger partial charge in [0.2, 0.25) is 17.7 Å². The monoisotopic (exact) mass is 778 g/mol. The second kappa shape index (κ2) is 28.3. The van der Waals surface area contributed by atoms with Gasteiger partial charge >= 0.3 is 0 Å². The van der Waals surface area contributed by atoms with Crippen LogP contribution in [0.1, 0.15) is 86.1 Å². The van der Waals surface area contributed by atoms with Gasteiger partial charge in [-0.1, -0.05) is 73.4 Å². The van der Waals surface area contributed by atoms with Crippen molar-refractivity contribution in [3.8, 4) is 0 Å². The van der Waals surface area contributed by atoms with Crippen LogP contribution in [-0.2, 0) is 35.1 Å². The molecule has 1 fully saturated rings.